The third kappa shape index (κ3) is 4.57. The van der Waals surface area contributed by atoms with Crippen LogP contribution in [0.5, 0.6) is 0 Å². The molecule has 0 saturated heterocycles. The van der Waals surface area contributed by atoms with E-state index in [1.807, 2.05) is 38.1 Å². The molecule has 3 rings (SSSR count). The summed E-state index contributed by atoms with van der Waals surface area (Å²) in [4.78, 5) is 24.8. The van der Waals surface area contributed by atoms with Gasteiger partial charge in [0.05, 0.1) is 28.1 Å². The standard InChI is InChI=1S/C19H19N5O2S/c1-3-12(2)26-17(25)11-22-19-21-9-8-14(24-19)13(10-20)18-23-15-6-4-5-7-16(15)27-18/h4-9,12-13H,3,11H2,1-2H3,(H,21,22,24). The molecule has 27 heavy (non-hydrogen) atoms. The molecule has 1 N–H and O–H groups in total. The predicted molar refractivity (Wildman–Crippen MR) is 103 cm³/mol. The number of esters is 1. The molecule has 0 aliphatic rings. The summed E-state index contributed by atoms with van der Waals surface area (Å²) in [5.74, 6) is -0.700. The minimum Gasteiger partial charge on any atom is -0.461 e. The molecule has 0 aliphatic heterocycles. The van der Waals surface area contributed by atoms with E-state index >= 15 is 0 Å². The second kappa shape index (κ2) is 8.56. The van der Waals surface area contributed by atoms with Gasteiger partial charge < -0.3 is 10.1 Å². The first-order chi connectivity index (χ1) is 13.1. The smallest absolute Gasteiger partial charge is 0.325 e. The average Bonchev–Trinajstić information content (AvgIpc) is 3.11. The Morgan fingerprint density at radius 3 is 2.89 bits per heavy atom. The summed E-state index contributed by atoms with van der Waals surface area (Å²) in [7, 11) is 0. The molecule has 138 valence electrons. The zero-order chi connectivity index (χ0) is 19.2. The van der Waals surface area contributed by atoms with E-state index in [1.165, 1.54) is 11.3 Å². The number of benzene rings is 1. The van der Waals surface area contributed by atoms with E-state index in [1.54, 1.807) is 12.3 Å². The molecule has 0 radical (unpaired) electrons. The zero-order valence-corrected chi connectivity index (χ0v) is 15.9. The van der Waals surface area contributed by atoms with Crippen LogP contribution in [0.3, 0.4) is 0 Å². The summed E-state index contributed by atoms with van der Waals surface area (Å²) in [6.45, 7) is 3.75. The number of aromatic nitrogens is 3. The van der Waals surface area contributed by atoms with Crippen LogP contribution in [0, 0.1) is 11.3 Å². The van der Waals surface area contributed by atoms with E-state index in [9.17, 15) is 10.1 Å². The monoisotopic (exact) mass is 381 g/mol. The lowest BCUT2D eigenvalue weighted by atomic mass is 10.1. The van der Waals surface area contributed by atoms with Gasteiger partial charge in [0.2, 0.25) is 5.95 Å². The molecule has 2 atom stereocenters. The minimum absolute atomic E-state index is 0.0356. The highest BCUT2D eigenvalue weighted by Crippen LogP contribution is 2.30. The molecule has 2 heterocycles. The topological polar surface area (TPSA) is 101 Å². The molecule has 0 saturated carbocycles. The number of hydrogen-bond acceptors (Lipinski definition) is 8. The number of ether oxygens (including phenoxy) is 1. The lowest BCUT2D eigenvalue weighted by molar-refractivity contribution is -0.146. The first kappa shape index (κ1) is 18.7. The summed E-state index contributed by atoms with van der Waals surface area (Å²) in [6.07, 6.45) is 2.18. The van der Waals surface area contributed by atoms with E-state index in [0.717, 1.165) is 16.6 Å². The second-order valence-electron chi connectivity index (χ2n) is 5.95. The van der Waals surface area contributed by atoms with E-state index < -0.39 is 5.92 Å². The van der Waals surface area contributed by atoms with Crippen LogP contribution in [0.2, 0.25) is 0 Å². The van der Waals surface area contributed by atoms with Gasteiger partial charge >= 0.3 is 5.97 Å². The Hall–Kier alpha value is -3.05. The molecule has 7 nitrogen and oxygen atoms in total. The quantitative estimate of drug-likeness (QED) is 0.625. The lowest BCUT2D eigenvalue weighted by Gasteiger charge is -2.12. The van der Waals surface area contributed by atoms with Crippen LogP contribution in [-0.4, -0.2) is 33.6 Å². The Kier molecular flexibility index (Phi) is 5.94. The van der Waals surface area contributed by atoms with Crippen LogP contribution < -0.4 is 5.32 Å². The van der Waals surface area contributed by atoms with E-state index in [-0.39, 0.29) is 24.6 Å². The van der Waals surface area contributed by atoms with Gasteiger partial charge in [-0.2, -0.15) is 5.26 Å². The molecular weight excluding hydrogens is 362 g/mol. The van der Waals surface area contributed by atoms with Crippen molar-refractivity contribution in [1.29, 1.82) is 5.26 Å². The number of para-hydroxylation sites is 1. The maximum absolute atomic E-state index is 11.8. The van der Waals surface area contributed by atoms with E-state index in [2.05, 4.69) is 26.3 Å². The molecule has 0 spiro atoms. The molecule has 3 aromatic rings. The first-order valence-corrected chi connectivity index (χ1v) is 9.43. The fourth-order valence-electron chi connectivity index (χ4n) is 2.38. The van der Waals surface area contributed by atoms with Crippen LogP contribution in [0.25, 0.3) is 10.2 Å². The van der Waals surface area contributed by atoms with Crippen molar-refractivity contribution in [3.63, 3.8) is 0 Å². The largest absolute Gasteiger partial charge is 0.461 e. The van der Waals surface area contributed by atoms with Gasteiger partial charge in [-0.3, -0.25) is 4.79 Å². The van der Waals surface area contributed by atoms with Crippen molar-refractivity contribution in [3.8, 4) is 6.07 Å². The Morgan fingerprint density at radius 1 is 1.33 bits per heavy atom. The van der Waals surface area contributed by atoms with Crippen molar-refractivity contribution < 1.29 is 9.53 Å². The van der Waals surface area contributed by atoms with Gasteiger partial charge in [0.25, 0.3) is 0 Å². The van der Waals surface area contributed by atoms with Gasteiger partial charge in [-0.25, -0.2) is 15.0 Å². The third-order valence-electron chi connectivity index (χ3n) is 3.96. The van der Waals surface area contributed by atoms with Gasteiger partial charge in [-0.15, -0.1) is 11.3 Å². The van der Waals surface area contributed by atoms with Gasteiger partial charge in [0, 0.05) is 6.20 Å². The van der Waals surface area contributed by atoms with Crippen molar-refractivity contribution in [3.05, 3.63) is 47.2 Å². The molecule has 0 fully saturated rings. The predicted octanol–water partition coefficient (Wildman–Crippen LogP) is 3.50. The summed E-state index contributed by atoms with van der Waals surface area (Å²) in [5, 5.41) is 13.2. The van der Waals surface area contributed by atoms with Gasteiger partial charge in [-0.05, 0) is 31.5 Å². The van der Waals surface area contributed by atoms with E-state index in [0.29, 0.717) is 10.7 Å². The maximum Gasteiger partial charge on any atom is 0.325 e. The number of carbonyl (C=O) groups excluding carboxylic acids is 1. The van der Waals surface area contributed by atoms with Crippen LogP contribution in [0.1, 0.15) is 36.9 Å². The van der Waals surface area contributed by atoms with Crippen molar-refractivity contribution in [2.24, 2.45) is 0 Å². The average molecular weight is 381 g/mol. The SMILES string of the molecule is CCC(C)OC(=O)CNc1nccc(C(C#N)c2nc3ccccc3s2)n1. The second-order valence-corrected chi connectivity index (χ2v) is 7.01. The number of nitrogens with zero attached hydrogens (tertiary/aromatic N) is 4. The molecule has 2 aromatic heterocycles. The fourth-order valence-corrected chi connectivity index (χ4v) is 3.41. The fraction of sp³-hybridized carbons (Fsp3) is 0.316. The number of thiazole rings is 1. The highest BCUT2D eigenvalue weighted by molar-refractivity contribution is 7.18. The molecule has 0 amide bonds. The highest BCUT2D eigenvalue weighted by Gasteiger charge is 2.20. The van der Waals surface area contributed by atoms with Crippen LogP contribution in [-0.2, 0) is 9.53 Å². The summed E-state index contributed by atoms with van der Waals surface area (Å²) in [5.41, 5.74) is 1.39. The third-order valence-corrected chi connectivity index (χ3v) is 5.06. The molecule has 8 heteroatoms. The first-order valence-electron chi connectivity index (χ1n) is 8.62. The number of carbonyl (C=O) groups is 1. The maximum atomic E-state index is 11.8. The van der Waals surface area contributed by atoms with Crippen molar-refractivity contribution in [2.45, 2.75) is 32.3 Å². The van der Waals surface area contributed by atoms with Crippen molar-refractivity contribution in [1.82, 2.24) is 15.0 Å². The van der Waals surface area contributed by atoms with Gasteiger partial charge in [0.1, 0.15) is 17.5 Å². The highest BCUT2D eigenvalue weighted by atomic mass is 32.1. The number of nitriles is 1. The van der Waals surface area contributed by atoms with Crippen molar-refractivity contribution >= 4 is 33.5 Å². The van der Waals surface area contributed by atoms with E-state index in [4.69, 9.17) is 4.74 Å². The number of nitrogens with one attached hydrogen (secondary N) is 1. The minimum atomic E-state index is -0.599. The molecular formula is C19H19N5O2S. The van der Waals surface area contributed by atoms with Crippen LogP contribution >= 0.6 is 11.3 Å². The number of anilines is 1. The molecule has 0 aliphatic carbocycles. The van der Waals surface area contributed by atoms with Gasteiger partial charge in [-0.1, -0.05) is 19.1 Å². The Morgan fingerprint density at radius 2 is 2.15 bits per heavy atom. The number of hydrogen-bond donors (Lipinski definition) is 1. The molecule has 0 bridgehead atoms. The van der Waals surface area contributed by atoms with Crippen LogP contribution in [0.15, 0.2) is 36.5 Å². The lowest BCUT2D eigenvalue weighted by Crippen LogP contribution is -2.22. The van der Waals surface area contributed by atoms with Crippen molar-refractivity contribution in [2.75, 3.05) is 11.9 Å². The van der Waals surface area contributed by atoms with Crippen LogP contribution in [0.4, 0.5) is 5.95 Å². The summed E-state index contributed by atoms with van der Waals surface area (Å²) in [6, 6.07) is 11.7. The summed E-state index contributed by atoms with van der Waals surface area (Å²) < 4.78 is 6.23. The molecule has 2 unspecified atom stereocenters. The Balaban J connectivity index is 1.75. The van der Waals surface area contributed by atoms with Gasteiger partial charge in [0.15, 0.2) is 0 Å². The number of fused-ring (bicyclic) bond motifs is 1. The number of rotatable bonds is 7. The molecule has 1 aromatic carbocycles. The summed E-state index contributed by atoms with van der Waals surface area (Å²) >= 11 is 1.47. The Bertz CT molecular complexity index is 948. The Labute approximate surface area is 161 Å². The normalized spacial score (nSPS) is 12.9. The zero-order valence-electron chi connectivity index (χ0n) is 15.0.